The molecule has 2 aromatic rings. The lowest BCUT2D eigenvalue weighted by Gasteiger charge is -2.16. The molecule has 5 heteroatoms. The molecule has 0 saturated heterocycles. The van der Waals surface area contributed by atoms with Gasteiger partial charge in [0.2, 0.25) is 0 Å². The van der Waals surface area contributed by atoms with E-state index in [-0.39, 0.29) is 5.91 Å². The summed E-state index contributed by atoms with van der Waals surface area (Å²) in [6.45, 7) is 1.91. The molecule has 0 saturated carbocycles. The minimum atomic E-state index is -0.571. The van der Waals surface area contributed by atoms with Crippen LogP contribution in [0, 0.1) is 11.3 Å². The van der Waals surface area contributed by atoms with Gasteiger partial charge in [-0.2, -0.15) is 5.26 Å². The minimum absolute atomic E-state index is 0.198. The summed E-state index contributed by atoms with van der Waals surface area (Å²) < 4.78 is 5.78. The number of nitrogens with one attached hydrogen (secondary N) is 1. The Hall–Kier alpha value is -2.32. The smallest absolute Gasteiger partial charge is 0.266 e. The predicted octanol–water partition coefficient (Wildman–Crippen LogP) is 4.29. The normalized spacial score (nSPS) is 14.3. The summed E-state index contributed by atoms with van der Waals surface area (Å²) in [6.07, 6.45) is 4.19. The molecule has 0 radical (unpaired) electrons. The van der Waals surface area contributed by atoms with Crippen LogP contribution in [0.5, 0.6) is 5.75 Å². The van der Waals surface area contributed by atoms with Gasteiger partial charge in [-0.05, 0) is 49.8 Å². The molecule has 24 heavy (non-hydrogen) atoms. The number of carbonyl (C=O) groups excluding carboxylic acids is 1. The van der Waals surface area contributed by atoms with Crippen molar-refractivity contribution in [1.82, 2.24) is 0 Å². The SMILES string of the molecule is CC[C@H](Oc1ccccc1)C(=O)Nc1sc2c(c1C#N)CCCC2. The molecule has 0 aliphatic heterocycles. The maximum absolute atomic E-state index is 12.6. The molecule has 0 unspecified atom stereocenters. The Morgan fingerprint density at radius 1 is 1.33 bits per heavy atom. The van der Waals surface area contributed by atoms with Gasteiger partial charge < -0.3 is 10.1 Å². The van der Waals surface area contributed by atoms with Crippen molar-refractivity contribution >= 4 is 22.2 Å². The average Bonchev–Trinajstić information content (AvgIpc) is 2.97. The van der Waals surface area contributed by atoms with E-state index in [2.05, 4.69) is 11.4 Å². The molecule has 1 aliphatic rings. The second-order valence-corrected chi connectivity index (χ2v) is 6.95. The quantitative estimate of drug-likeness (QED) is 0.883. The summed E-state index contributed by atoms with van der Waals surface area (Å²) in [6, 6.07) is 11.6. The Morgan fingerprint density at radius 3 is 2.79 bits per heavy atom. The predicted molar refractivity (Wildman–Crippen MR) is 95.5 cm³/mol. The Balaban J connectivity index is 1.76. The fourth-order valence-electron chi connectivity index (χ4n) is 2.95. The minimum Gasteiger partial charge on any atom is -0.481 e. The number of aryl methyl sites for hydroxylation is 1. The third kappa shape index (κ3) is 3.44. The second-order valence-electron chi connectivity index (χ2n) is 5.84. The first-order chi connectivity index (χ1) is 11.7. The van der Waals surface area contributed by atoms with Crippen molar-refractivity contribution in [3.8, 4) is 11.8 Å². The van der Waals surface area contributed by atoms with E-state index >= 15 is 0 Å². The summed E-state index contributed by atoms with van der Waals surface area (Å²) in [5.41, 5.74) is 1.76. The molecule has 1 aromatic heterocycles. The number of fused-ring (bicyclic) bond motifs is 1. The third-order valence-corrected chi connectivity index (χ3v) is 5.41. The molecule has 1 atom stereocenters. The Morgan fingerprint density at radius 2 is 2.08 bits per heavy atom. The van der Waals surface area contributed by atoms with Crippen LogP contribution in [0.4, 0.5) is 5.00 Å². The van der Waals surface area contributed by atoms with Crippen molar-refractivity contribution in [2.24, 2.45) is 0 Å². The highest BCUT2D eigenvalue weighted by Gasteiger charge is 2.25. The van der Waals surface area contributed by atoms with Crippen molar-refractivity contribution in [1.29, 1.82) is 5.26 Å². The summed E-state index contributed by atoms with van der Waals surface area (Å²) >= 11 is 1.54. The van der Waals surface area contributed by atoms with Gasteiger partial charge in [-0.15, -0.1) is 11.3 Å². The van der Waals surface area contributed by atoms with E-state index in [1.807, 2.05) is 37.3 Å². The van der Waals surface area contributed by atoms with Crippen molar-refractivity contribution < 1.29 is 9.53 Å². The first-order valence-corrected chi connectivity index (χ1v) is 9.11. The van der Waals surface area contributed by atoms with E-state index in [1.165, 1.54) is 16.2 Å². The zero-order valence-corrected chi connectivity index (χ0v) is 14.5. The number of hydrogen-bond donors (Lipinski definition) is 1. The number of amides is 1. The lowest BCUT2D eigenvalue weighted by Crippen LogP contribution is -2.32. The van der Waals surface area contributed by atoms with Gasteiger partial charge in [-0.1, -0.05) is 25.1 Å². The van der Waals surface area contributed by atoms with Crippen LogP contribution < -0.4 is 10.1 Å². The zero-order valence-electron chi connectivity index (χ0n) is 13.7. The van der Waals surface area contributed by atoms with E-state index in [4.69, 9.17) is 4.74 Å². The Bertz CT molecular complexity index is 762. The number of ether oxygens (including phenoxy) is 1. The van der Waals surface area contributed by atoms with E-state index in [9.17, 15) is 10.1 Å². The number of nitriles is 1. The van der Waals surface area contributed by atoms with Gasteiger partial charge in [0.1, 0.15) is 16.8 Å². The summed E-state index contributed by atoms with van der Waals surface area (Å²) in [4.78, 5) is 13.8. The van der Waals surface area contributed by atoms with Crippen LogP contribution in [0.1, 0.15) is 42.2 Å². The number of benzene rings is 1. The van der Waals surface area contributed by atoms with Crippen molar-refractivity contribution in [3.63, 3.8) is 0 Å². The van der Waals surface area contributed by atoms with Gasteiger partial charge in [0, 0.05) is 4.88 Å². The highest BCUT2D eigenvalue weighted by atomic mass is 32.1. The standard InChI is InChI=1S/C19H20N2O2S/c1-2-16(23-13-8-4-3-5-9-13)18(22)21-19-15(12-20)14-10-6-7-11-17(14)24-19/h3-5,8-9,16H,2,6-7,10-11H2,1H3,(H,21,22)/t16-/m0/s1. The Labute approximate surface area is 146 Å². The number of nitrogens with zero attached hydrogens (tertiary/aromatic N) is 1. The highest BCUT2D eigenvalue weighted by molar-refractivity contribution is 7.16. The van der Waals surface area contributed by atoms with Gasteiger partial charge in [0.25, 0.3) is 5.91 Å². The van der Waals surface area contributed by atoms with Crippen LogP contribution in [-0.4, -0.2) is 12.0 Å². The van der Waals surface area contributed by atoms with Crippen LogP contribution in [-0.2, 0) is 17.6 Å². The first kappa shape index (κ1) is 16.5. The number of carbonyl (C=O) groups is 1. The Kier molecular flexibility index (Phi) is 5.17. The van der Waals surface area contributed by atoms with Gasteiger partial charge >= 0.3 is 0 Å². The molecular formula is C19H20N2O2S. The molecular weight excluding hydrogens is 320 g/mol. The molecule has 4 nitrogen and oxygen atoms in total. The second kappa shape index (κ2) is 7.50. The van der Waals surface area contributed by atoms with Crippen molar-refractivity contribution in [2.75, 3.05) is 5.32 Å². The van der Waals surface area contributed by atoms with Crippen LogP contribution in [0.25, 0.3) is 0 Å². The van der Waals surface area contributed by atoms with Gasteiger partial charge in [0.05, 0.1) is 5.56 Å². The molecule has 0 bridgehead atoms. The monoisotopic (exact) mass is 340 g/mol. The molecule has 1 aromatic carbocycles. The van der Waals surface area contributed by atoms with Gasteiger partial charge in [-0.3, -0.25) is 4.79 Å². The first-order valence-electron chi connectivity index (χ1n) is 8.30. The zero-order chi connectivity index (χ0) is 16.9. The molecule has 124 valence electrons. The number of para-hydroxylation sites is 1. The van der Waals surface area contributed by atoms with Crippen molar-refractivity contribution in [3.05, 3.63) is 46.3 Å². The summed E-state index contributed by atoms with van der Waals surface area (Å²) in [5.74, 6) is 0.474. The molecule has 1 amide bonds. The van der Waals surface area contributed by atoms with Crippen LogP contribution >= 0.6 is 11.3 Å². The summed E-state index contributed by atoms with van der Waals surface area (Å²) in [5, 5.41) is 13.1. The molecule has 0 spiro atoms. The largest absolute Gasteiger partial charge is 0.481 e. The van der Waals surface area contributed by atoms with Gasteiger partial charge in [-0.25, -0.2) is 0 Å². The fraction of sp³-hybridized carbons (Fsp3) is 0.368. The molecule has 1 heterocycles. The van der Waals surface area contributed by atoms with E-state index in [1.54, 1.807) is 0 Å². The van der Waals surface area contributed by atoms with Crippen molar-refractivity contribution in [2.45, 2.75) is 45.1 Å². The number of anilines is 1. The maximum atomic E-state index is 12.6. The molecule has 1 aliphatic carbocycles. The highest BCUT2D eigenvalue weighted by Crippen LogP contribution is 2.37. The summed E-state index contributed by atoms with van der Waals surface area (Å²) in [7, 11) is 0. The van der Waals surface area contributed by atoms with E-state index < -0.39 is 6.10 Å². The number of rotatable bonds is 5. The number of thiophene rings is 1. The van der Waals surface area contributed by atoms with Crippen LogP contribution in [0.2, 0.25) is 0 Å². The maximum Gasteiger partial charge on any atom is 0.266 e. The number of hydrogen-bond acceptors (Lipinski definition) is 4. The average molecular weight is 340 g/mol. The van der Waals surface area contributed by atoms with Gasteiger partial charge in [0.15, 0.2) is 6.10 Å². The lowest BCUT2D eigenvalue weighted by atomic mass is 9.96. The molecule has 1 N–H and O–H groups in total. The lowest BCUT2D eigenvalue weighted by molar-refractivity contribution is -0.122. The van der Waals surface area contributed by atoms with E-state index in [0.717, 1.165) is 31.2 Å². The molecule has 0 fully saturated rings. The van der Waals surface area contributed by atoms with E-state index in [0.29, 0.717) is 22.7 Å². The third-order valence-electron chi connectivity index (χ3n) is 4.20. The van der Waals surface area contributed by atoms with Crippen LogP contribution in [0.15, 0.2) is 30.3 Å². The van der Waals surface area contributed by atoms with Crippen LogP contribution in [0.3, 0.4) is 0 Å². The molecule has 3 rings (SSSR count). The topological polar surface area (TPSA) is 62.1 Å². The fourth-order valence-corrected chi connectivity index (χ4v) is 4.19.